The molecule has 0 unspecified atom stereocenters. The molecule has 0 spiro atoms. The highest BCUT2D eigenvalue weighted by Gasteiger charge is 2.20. The molecule has 9 heavy (non-hydrogen) atoms. The maximum atomic E-state index is 10.9. The lowest BCUT2D eigenvalue weighted by Gasteiger charge is -2.13. The number of rotatable bonds is 2. The SMILES string of the molecule is [CH2]C(C)(C)C(=O)SCCl. The van der Waals surface area contributed by atoms with Gasteiger partial charge in [0.1, 0.15) is 0 Å². The van der Waals surface area contributed by atoms with E-state index in [1.165, 1.54) is 0 Å². The van der Waals surface area contributed by atoms with E-state index < -0.39 is 5.41 Å². The van der Waals surface area contributed by atoms with Crippen molar-refractivity contribution in [2.24, 2.45) is 5.41 Å². The topological polar surface area (TPSA) is 17.1 Å². The van der Waals surface area contributed by atoms with E-state index in [1.807, 2.05) is 0 Å². The zero-order valence-corrected chi connectivity index (χ0v) is 7.18. The van der Waals surface area contributed by atoms with Gasteiger partial charge in [-0.15, -0.1) is 11.6 Å². The van der Waals surface area contributed by atoms with Gasteiger partial charge in [0.15, 0.2) is 5.12 Å². The van der Waals surface area contributed by atoms with Gasteiger partial charge in [-0.25, -0.2) is 0 Å². The van der Waals surface area contributed by atoms with Crippen LogP contribution >= 0.6 is 23.4 Å². The van der Waals surface area contributed by atoms with Gasteiger partial charge in [0.25, 0.3) is 0 Å². The largest absolute Gasteiger partial charge is 0.287 e. The standard InChI is InChI=1S/C6H10ClOS/c1-6(2,3)5(8)9-4-7/h1,4H2,2-3H3. The molecule has 0 atom stereocenters. The minimum atomic E-state index is -0.500. The molecule has 0 rings (SSSR count). The van der Waals surface area contributed by atoms with Crippen molar-refractivity contribution >= 4 is 28.5 Å². The average molecular weight is 166 g/mol. The first kappa shape index (κ1) is 9.31. The van der Waals surface area contributed by atoms with Crippen LogP contribution in [0.5, 0.6) is 0 Å². The maximum absolute atomic E-state index is 10.9. The number of alkyl halides is 1. The first-order valence-electron chi connectivity index (χ1n) is 2.57. The van der Waals surface area contributed by atoms with E-state index in [1.54, 1.807) is 13.8 Å². The zero-order chi connectivity index (χ0) is 7.49. The second-order valence-electron chi connectivity index (χ2n) is 2.42. The van der Waals surface area contributed by atoms with E-state index in [-0.39, 0.29) is 5.12 Å². The van der Waals surface area contributed by atoms with Gasteiger partial charge in [0, 0.05) is 5.41 Å². The second-order valence-corrected chi connectivity index (χ2v) is 3.96. The molecule has 0 aliphatic rings. The summed E-state index contributed by atoms with van der Waals surface area (Å²) in [4.78, 5) is 10.9. The van der Waals surface area contributed by atoms with Crippen LogP contribution in [0.1, 0.15) is 13.8 Å². The fourth-order valence-electron chi connectivity index (χ4n) is 0.245. The lowest BCUT2D eigenvalue weighted by Crippen LogP contribution is -2.16. The van der Waals surface area contributed by atoms with Gasteiger partial charge in [-0.2, -0.15) is 0 Å². The third-order valence-corrected chi connectivity index (χ3v) is 1.99. The molecule has 3 heteroatoms. The number of carbonyl (C=O) groups excluding carboxylic acids is 1. The van der Waals surface area contributed by atoms with Gasteiger partial charge in [-0.1, -0.05) is 25.6 Å². The molecular weight excluding hydrogens is 156 g/mol. The lowest BCUT2D eigenvalue weighted by atomic mass is 10.00. The molecule has 0 aliphatic carbocycles. The summed E-state index contributed by atoms with van der Waals surface area (Å²) in [7, 11) is 0. The smallest absolute Gasteiger partial charge is 0.195 e. The van der Waals surface area contributed by atoms with Crippen molar-refractivity contribution in [2.45, 2.75) is 13.8 Å². The van der Waals surface area contributed by atoms with Crippen LogP contribution in [-0.2, 0) is 4.79 Å². The number of halogens is 1. The third kappa shape index (κ3) is 3.82. The quantitative estimate of drug-likeness (QED) is 0.585. The van der Waals surface area contributed by atoms with Crippen molar-refractivity contribution in [3.8, 4) is 0 Å². The number of hydrogen-bond acceptors (Lipinski definition) is 2. The van der Waals surface area contributed by atoms with E-state index in [2.05, 4.69) is 6.92 Å². The predicted octanol–water partition coefficient (Wildman–Crippen LogP) is 2.30. The Morgan fingerprint density at radius 1 is 1.78 bits per heavy atom. The summed E-state index contributed by atoms with van der Waals surface area (Å²) in [5.41, 5.74) is -0.500. The summed E-state index contributed by atoms with van der Waals surface area (Å²) in [6, 6.07) is 0. The Morgan fingerprint density at radius 2 is 2.22 bits per heavy atom. The first-order chi connectivity index (χ1) is 3.98. The second kappa shape index (κ2) is 3.47. The van der Waals surface area contributed by atoms with Crippen LogP contribution in [0.25, 0.3) is 0 Å². The van der Waals surface area contributed by atoms with Crippen molar-refractivity contribution in [3.63, 3.8) is 0 Å². The zero-order valence-electron chi connectivity index (χ0n) is 5.61. The lowest BCUT2D eigenvalue weighted by molar-refractivity contribution is -0.116. The highest BCUT2D eigenvalue weighted by Crippen LogP contribution is 2.22. The van der Waals surface area contributed by atoms with E-state index in [4.69, 9.17) is 11.6 Å². The molecule has 0 aromatic carbocycles. The summed E-state index contributed by atoms with van der Waals surface area (Å²) >= 11 is 6.42. The molecule has 0 fully saturated rings. The van der Waals surface area contributed by atoms with Crippen LogP contribution < -0.4 is 0 Å². The molecule has 0 aromatic rings. The summed E-state index contributed by atoms with van der Waals surface area (Å²) in [6.07, 6.45) is 0. The fraction of sp³-hybridized carbons (Fsp3) is 0.667. The predicted molar refractivity (Wildman–Crippen MR) is 42.5 cm³/mol. The Hall–Kier alpha value is 0.310. The molecule has 1 nitrogen and oxygen atoms in total. The van der Waals surface area contributed by atoms with Crippen LogP contribution in [0.3, 0.4) is 0 Å². The van der Waals surface area contributed by atoms with Crippen molar-refractivity contribution in [1.82, 2.24) is 0 Å². The number of carbonyl (C=O) groups is 1. The Labute approximate surface area is 65.2 Å². The molecule has 0 N–H and O–H groups in total. The monoisotopic (exact) mass is 165 g/mol. The van der Waals surface area contributed by atoms with Crippen LogP contribution in [0.2, 0.25) is 0 Å². The summed E-state index contributed by atoms with van der Waals surface area (Å²) in [5, 5.41) is 0.357. The minimum Gasteiger partial charge on any atom is -0.287 e. The number of thioether (sulfide) groups is 1. The Morgan fingerprint density at radius 3 is 2.33 bits per heavy atom. The van der Waals surface area contributed by atoms with Crippen molar-refractivity contribution in [3.05, 3.63) is 6.92 Å². The van der Waals surface area contributed by atoms with Crippen molar-refractivity contribution in [1.29, 1.82) is 0 Å². The molecule has 0 saturated carbocycles. The summed E-state index contributed by atoms with van der Waals surface area (Å²) < 4.78 is 0. The highest BCUT2D eigenvalue weighted by atomic mass is 35.5. The average Bonchev–Trinajstić information content (AvgIpc) is 1.64. The van der Waals surface area contributed by atoms with Crippen LogP contribution in [0.4, 0.5) is 0 Å². The van der Waals surface area contributed by atoms with Crippen molar-refractivity contribution in [2.75, 3.05) is 5.21 Å². The highest BCUT2D eigenvalue weighted by molar-refractivity contribution is 8.14. The Bertz CT molecular complexity index is 106. The maximum Gasteiger partial charge on any atom is 0.195 e. The van der Waals surface area contributed by atoms with Gasteiger partial charge >= 0.3 is 0 Å². The van der Waals surface area contributed by atoms with Crippen LogP contribution in [0.15, 0.2) is 0 Å². The van der Waals surface area contributed by atoms with Gasteiger partial charge in [-0.05, 0) is 6.92 Å². The fourth-order valence-corrected chi connectivity index (χ4v) is 1.03. The van der Waals surface area contributed by atoms with E-state index >= 15 is 0 Å². The molecule has 0 amide bonds. The third-order valence-electron chi connectivity index (χ3n) is 0.738. The summed E-state index contributed by atoms with van der Waals surface area (Å²) in [5.74, 6) is 0. The molecule has 1 radical (unpaired) electrons. The van der Waals surface area contributed by atoms with Gasteiger partial charge in [0.05, 0.1) is 5.21 Å². The molecule has 0 aliphatic heterocycles. The Balaban J connectivity index is 3.74. The van der Waals surface area contributed by atoms with Gasteiger partial charge in [-0.3, -0.25) is 4.79 Å². The number of hydrogen-bond donors (Lipinski definition) is 0. The summed E-state index contributed by atoms with van der Waals surface area (Å²) in [6.45, 7) is 7.21. The molecular formula is C6H10ClOS. The Kier molecular flexibility index (Phi) is 3.59. The van der Waals surface area contributed by atoms with Crippen LogP contribution in [0, 0.1) is 12.3 Å². The normalized spacial score (nSPS) is 11.6. The molecule has 0 saturated heterocycles. The van der Waals surface area contributed by atoms with Crippen molar-refractivity contribution < 1.29 is 4.79 Å². The first-order valence-corrected chi connectivity index (χ1v) is 4.09. The van der Waals surface area contributed by atoms with Gasteiger partial charge in [0.2, 0.25) is 0 Å². The van der Waals surface area contributed by atoms with E-state index in [0.717, 1.165) is 11.8 Å². The molecule has 0 aromatic heterocycles. The van der Waals surface area contributed by atoms with E-state index in [0.29, 0.717) is 5.21 Å². The molecule has 0 heterocycles. The van der Waals surface area contributed by atoms with Gasteiger partial charge < -0.3 is 0 Å². The van der Waals surface area contributed by atoms with Crippen LogP contribution in [-0.4, -0.2) is 10.3 Å². The molecule has 53 valence electrons. The van der Waals surface area contributed by atoms with E-state index in [9.17, 15) is 4.79 Å². The molecule has 0 bridgehead atoms. The minimum absolute atomic E-state index is 0.0394.